The first-order valence-corrected chi connectivity index (χ1v) is 10.9. The Balaban J connectivity index is 1.73. The summed E-state index contributed by atoms with van der Waals surface area (Å²) < 4.78 is 0. The zero-order chi connectivity index (χ0) is 22.3. The summed E-state index contributed by atoms with van der Waals surface area (Å²) in [6.07, 6.45) is 11.1. The third-order valence-electron chi connectivity index (χ3n) is 5.06. The number of rotatable bonds is 14. The Bertz CT molecular complexity index is 832. The molecule has 2 rings (SSSR count). The predicted octanol–water partition coefficient (Wildman–Crippen LogP) is 5.19. The van der Waals surface area contributed by atoms with Gasteiger partial charge in [0.05, 0.1) is 6.04 Å². The summed E-state index contributed by atoms with van der Waals surface area (Å²) in [5, 5.41) is 19.4. The maximum Gasteiger partial charge on any atom is 0.207 e. The monoisotopic (exact) mass is 422 g/mol. The van der Waals surface area contributed by atoms with E-state index in [1.807, 2.05) is 42.5 Å². The molecular formula is C25H34N4O2. The Morgan fingerprint density at radius 1 is 1.06 bits per heavy atom. The lowest BCUT2D eigenvalue weighted by molar-refractivity contribution is -0.110. The molecule has 0 spiro atoms. The van der Waals surface area contributed by atoms with Crippen molar-refractivity contribution in [1.29, 1.82) is 0 Å². The molecule has 2 aromatic rings. The molecule has 1 atom stereocenters. The zero-order valence-corrected chi connectivity index (χ0v) is 18.5. The molecule has 1 aromatic carbocycles. The van der Waals surface area contributed by atoms with E-state index in [0.717, 1.165) is 49.3 Å². The van der Waals surface area contributed by atoms with Gasteiger partial charge in [-0.3, -0.25) is 4.79 Å². The number of carbonyl (C=O) groups is 1. The number of pyridine rings is 1. The number of nitrogens with one attached hydrogen (secondary N) is 3. The SMILES string of the molecule is C/C=C(\CCCCCNc1ccccn1)Nc1ccc(CC(NC=O)/C(O)=C\C)cc1. The molecule has 0 aliphatic heterocycles. The highest BCUT2D eigenvalue weighted by atomic mass is 16.3. The number of hydrogen-bond donors (Lipinski definition) is 4. The highest BCUT2D eigenvalue weighted by Crippen LogP contribution is 2.17. The van der Waals surface area contributed by atoms with E-state index < -0.39 is 6.04 Å². The molecule has 166 valence electrons. The smallest absolute Gasteiger partial charge is 0.207 e. The molecule has 0 radical (unpaired) electrons. The molecule has 4 N–H and O–H groups in total. The van der Waals surface area contributed by atoms with Crippen LogP contribution in [0.15, 0.2) is 72.3 Å². The molecule has 1 unspecified atom stereocenters. The zero-order valence-electron chi connectivity index (χ0n) is 18.5. The van der Waals surface area contributed by atoms with Gasteiger partial charge in [0.1, 0.15) is 11.6 Å². The number of allylic oxidation sites excluding steroid dienone is 3. The molecule has 6 nitrogen and oxygen atoms in total. The minimum Gasteiger partial charge on any atom is -0.510 e. The number of carbonyl (C=O) groups excluding carboxylic acids is 1. The predicted molar refractivity (Wildman–Crippen MR) is 128 cm³/mol. The number of amides is 1. The van der Waals surface area contributed by atoms with E-state index >= 15 is 0 Å². The van der Waals surface area contributed by atoms with Gasteiger partial charge in [-0.05, 0) is 75.4 Å². The molecule has 0 saturated heterocycles. The maximum atomic E-state index is 10.8. The van der Waals surface area contributed by atoms with Crippen LogP contribution in [-0.4, -0.2) is 29.1 Å². The lowest BCUT2D eigenvalue weighted by Gasteiger charge is -2.16. The van der Waals surface area contributed by atoms with E-state index in [4.69, 9.17) is 0 Å². The van der Waals surface area contributed by atoms with Crippen molar-refractivity contribution in [2.45, 2.75) is 52.0 Å². The van der Waals surface area contributed by atoms with Crippen LogP contribution in [0.25, 0.3) is 0 Å². The van der Waals surface area contributed by atoms with Crippen molar-refractivity contribution >= 4 is 17.9 Å². The number of aliphatic hydroxyl groups excluding tert-OH is 1. The molecule has 1 aromatic heterocycles. The number of aliphatic hydroxyl groups is 1. The van der Waals surface area contributed by atoms with Gasteiger partial charge < -0.3 is 21.1 Å². The summed E-state index contributed by atoms with van der Waals surface area (Å²) >= 11 is 0. The average Bonchev–Trinajstić information content (AvgIpc) is 2.81. The van der Waals surface area contributed by atoms with Crippen molar-refractivity contribution in [2.24, 2.45) is 0 Å². The summed E-state index contributed by atoms with van der Waals surface area (Å²) in [6, 6.07) is 13.6. The summed E-state index contributed by atoms with van der Waals surface area (Å²) in [5.74, 6) is 1.09. The van der Waals surface area contributed by atoms with E-state index in [1.54, 1.807) is 19.2 Å². The molecular weight excluding hydrogens is 388 g/mol. The summed E-state index contributed by atoms with van der Waals surface area (Å²) in [5.41, 5.74) is 3.28. The highest BCUT2D eigenvalue weighted by molar-refractivity contribution is 5.50. The highest BCUT2D eigenvalue weighted by Gasteiger charge is 2.12. The van der Waals surface area contributed by atoms with Crippen molar-refractivity contribution in [3.05, 3.63) is 77.8 Å². The van der Waals surface area contributed by atoms with E-state index in [0.29, 0.717) is 12.8 Å². The minimum atomic E-state index is -0.403. The summed E-state index contributed by atoms with van der Waals surface area (Å²) in [7, 11) is 0. The topological polar surface area (TPSA) is 86.3 Å². The van der Waals surface area contributed by atoms with E-state index in [9.17, 15) is 9.90 Å². The van der Waals surface area contributed by atoms with Crippen molar-refractivity contribution in [1.82, 2.24) is 10.3 Å². The largest absolute Gasteiger partial charge is 0.510 e. The number of aromatic nitrogens is 1. The van der Waals surface area contributed by atoms with Gasteiger partial charge in [0.25, 0.3) is 0 Å². The molecule has 0 bridgehead atoms. The fraction of sp³-hybridized carbons (Fsp3) is 0.360. The van der Waals surface area contributed by atoms with Crippen LogP contribution >= 0.6 is 0 Å². The van der Waals surface area contributed by atoms with Gasteiger partial charge in [0.15, 0.2) is 0 Å². The summed E-state index contributed by atoms with van der Waals surface area (Å²) in [6.45, 7) is 4.73. The Labute approximate surface area is 185 Å². The third kappa shape index (κ3) is 8.95. The first-order valence-electron chi connectivity index (χ1n) is 10.9. The Morgan fingerprint density at radius 3 is 2.52 bits per heavy atom. The van der Waals surface area contributed by atoms with Gasteiger partial charge in [0, 0.05) is 24.1 Å². The van der Waals surface area contributed by atoms with Crippen LogP contribution in [0.2, 0.25) is 0 Å². The van der Waals surface area contributed by atoms with Gasteiger partial charge in [-0.25, -0.2) is 4.98 Å². The molecule has 1 amide bonds. The van der Waals surface area contributed by atoms with E-state index in [2.05, 4.69) is 33.9 Å². The quantitative estimate of drug-likeness (QED) is 0.191. The Morgan fingerprint density at radius 2 is 1.87 bits per heavy atom. The Kier molecular flexibility index (Phi) is 10.7. The van der Waals surface area contributed by atoms with Crippen LogP contribution < -0.4 is 16.0 Å². The van der Waals surface area contributed by atoms with Crippen LogP contribution in [0.3, 0.4) is 0 Å². The fourth-order valence-corrected chi connectivity index (χ4v) is 3.26. The van der Waals surface area contributed by atoms with Crippen molar-refractivity contribution in [2.75, 3.05) is 17.2 Å². The van der Waals surface area contributed by atoms with Gasteiger partial charge >= 0.3 is 0 Å². The van der Waals surface area contributed by atoms with Crippen LogP contribution in [0, 0.1) is 0 Å². The van der Waals surface area contributed by atoms with Crippen LogP contribution in [0.1, 0.15) is 45.1 Å². The summed E-state index contributed by atoms with van der Waals surface area (Å²) in [4.78, 5) is 15.0. The van der Waals surface area contributed by atoms with E-state index in [-0.39, 0.29) is 5.76 Å². The fourth-order valence-electron chi connectivity index (χ4n) is 3.26. The van der Waals surface area contributed by atoms with Gasteiger partial charge in [0.2, 0.25) is 6.41 Å². The number of hydrogen-bond acceptors (Lipinski definition) is 5. The molecule has 1 heterocycles. The molecule has 0 fully saturated rings. The van der Waals surface area contributed by atoms with Crippen LogP contribution in [-0.2, 0) is 11.2 Å². The van der Waals surface area contributed by atoms with Crippen LogP contribution in [0.5, 0.6) is 0 Å². The van der Waals surface area contributed by atoms with Gasteiger partial charge in [-0.15, -0.1) is 0 Å². The number of unbranched alkanes of at least 4 members (excludes halogenated alkanes) is 2. The second-order valence-electron chi connectivity index (χ2n) is 7.34. The minimum absolute atomic E-state index is 0.167. The lowest BCUT2D eigenvalue weighted by Crippen LogP contribution is -2.31. The number of nitrogens with zero attached hydrogens (tertiary/aromatic N) is 1. The second kappa shape index (κ2) is 13.9. The lowest BCUT2D eigenvalue weighted by atomic mass is 10.0. The standard InChI is InChI=1S/C25H34N4O2/c1-3-21(10-6-5-8-16-26-25-11-7-9-17-27-25)29-22-14-12-20(13-15-22)18-23(28-19-30)24(31)4-2/h3-4,7,9,11-15,17,19,23,29,31H,5-6,8,10,16,18H2,1-2H3,(H,26,27)(H,28,30)/b21-3+,24-4+. The first kappa shape index (κ1) is 24.0. The van der Waals surface area contributed by atoms with E-state index in [1.165, 1.54) is 5.70 Å². The van der Waals surface area contributed by atoms with Crippen LogP contribution in [0.4, 0.5) is 11.5 Å². The molecule has 31 heavy (non-hydrogen) atoms. The molecule has 0 saturated carbocycles. The Hall–Kier alpha value is -3.28. The third-order valence-corrected chi connectivity index (χ3v) is 5.06. The van der Waals surface area contributed by atoms with Crippen molar-refractivity contribution < 1.29 is 9.90 Å². The second-order valence-corrected chi connectivity index (χ2v) is 7.34. The number of anilines is 2. The average molecular weight is 423 g/mol. The molecule has 0 aliphatic rings. The molecule has 6 heteroatoms. The maximum absolute atomic E-state index is 10.8. The molecule has 0 aliphatic carbocycles. The first-order chi connectivity index (χ1) is 15.2. The van der Waals surface area contributed by atoms with Gasteiger partial charge in [-0.2, -0.15) is 0 Å². The normalized spacial score (nSPS) is 12.8. The number of benzene rings is 1. The van der Waals surface area contributed by atoms with Gasteiger partial charge in [-0.1, -0.05) is 30.7 Å². The van der Waals surface area contributed by atoms with Crippen molar-refractivity contribution in [3.8, 4) is 0 Å². The van der Waals surface area contributed by atoms with Crippen molar-refractivity contribution in [3.63, 3.8) is 0 Å².